The molecule has 0 saturated heterocycles. The van der Waals surface area contributed by atoms with Gasteiger partial charge in [0.15, 0.2) is 0 Å². The Morgan fingerprint density at radius 2 is 2.17 bits per heavy atom. The molecular formula is C13H22ClN3O. The van der Waals surface area contributed by atoms with Crippen LogP contribution in [0.4, 0.5) is 0 Å². The standard InChI is InChI=1S/C13H22ClN3O/c1-4-11-13(14)12(17(5-2)16-11)8-15-9-6-10(7-9)18-3/h9-10,15H,4-8H2,1-3H3. The Morgan fingerprint density at radius 3 is 2.72 bits per heavy atom. The van der Waals surface area contributed by atoms with Crippen LogP contribution in [-0.4, -0.2) is 29.0 Å². The van der Waals surface area contributed by atoms with Crippen molar-refractivity contribution in [3.63, 3.8) is 0 Å². The average molecular weight is 272 g/mol. The van der Waals surface area contributed by atoms with Crippen LogP contribution in [0.15, 0.2) is 0 Å². The third-order valence-corrected chi connectivity index (χ3v) is 4.12. The molecule has 1 saturated carbocycles. The van der Waals surface area contributed by atoms with Crippen LogP contribution in [0.25, 0.3) is 0 Å². The lowest BCUT2D eigenvalue weighted by Crippen LogP contribution is -2.44. The molecule has 1 aromatic rings. The zero-order valence-electron chi connectivity index (χ0n) is 11.4. The fraction of sp³-hybridized carbons (Fsp3) is 0.769. The van der Waals surface area contributed by atoms with Crippen molar-refractivity contribution >= 4 is 11.6 Å². The van der Waals surface area contributed by atoms with E-state index >= 15 is 0 Å². The first-order chi connectivity index (χ1) is 8.69. The van der Waals surface area contributed by atoms with Crippen molar-refractivity contribution in [1.29, 1.82) is 0 Å². The molecule has 0 spiro atoms. The molecule has 18 heavy (non-hydrogen) atoms. The number of nitrogens with one attached hydrogen (secondary N) is 1. The van der Waals surface area contributed by atoms with Gasteiger partial charge < -0.3 is 10.1 Å². The normalized spacial score (nSPS) is 23.1. The van der Waals surface area contributed by atoms with E-state index < -0.39 is 0 Å². The number of aryl methyl sites for hydroxylation is 2. The molecule has 1 heterocycles. The molecule has 0 aromatic carbocycles. The van der Waals surface area contributed by atoms with Crippen LogP contribution in [0.2, 0.25) is 5.02 Å². The first-order valence-corrected chi connectivity index (χ1v) is 7.07. The highest BCUT2D eigenvalue weighted by atomic mass is 35.5. The Kier molecular flexibility index (Phi) is 4.65. The van der Waals surface area contributed by atoms with E-state index in [2.05, 4.69) is 24.3 Å². The Balaban J connectivity index is 1.94. The Morgan fingerprint density at radius 1 is 1.44 bits per heavy atom. The SMILES string of the molecule is CCc1nn(CC)c(CNC2CC(OC)C2)c1Cl. The van der Waals surface area contributed by atoms with Crippen molar-refractivity contribution in [2.24, 2.45) is 0 Å². The number of hydrogen-bond acceptors (Lipinski definition) is 3. The maximum Gasteiger partial charge on any atom is 0.0863 e. The monoisotopic (exact) mass is 271 g/mol. The lowest BCUT2D eigenvalue weighted by molar-refractivity contribution is 0.0168. The van der Waals surface area contributed by atoms with Crippen molar-refractivity contribution < 1.29 is 4.74 Å². The third-order valence-electron chi connectivity index (χ3n) is 3.68. The van der Waals surface area contributed by atoms with Crippen LogP contribution >= 0.6 is 11.6 Å². The zero-order valence-corrected chi connectivity index (χ0v) is 12.1. The molecule has 4 nitrogen and oxygen atoms in total. The first kappa shape index (κ1) is 13.8. The predicted molar refractivity (Wildman–Crippen MR) is 72.9 cm³/mol. The second-order valence-electron chi connectivity index (χ2n) is 4.78. The minimum atomic E-state index is 0.431. The minimum absolute atomic E-state index is 0.431. The van der Waals surface area contributed by atoms with Gasteiger partial charge in [0.1, 0.15) is 0 Å². The Bertz CT molecular complexity index is 399. The van der Waals surface area contributed by atoms with E-state index in [0.717, 1.165) is 48.8 Å². The summed E-state index contributed by atoms with van der Waals surface area (Å²) in [5.41, 5.74) is 2.11. The van der Waals surface area contributed by atoms with Crippen LogP contribution < -0.4 is 5.32 Å². The van der Waals surface area contributed by atoms with Crippen molar-refractivity contribution in [3.05, 3.63) is 16.4 Å². The average Bonchev–Trinajstić information content (AvgIpc) is 2.64. The van der Waals surface area contributed by atoms with Crippen LogP contribution in [0.3, 0.4) is 0 Å². The first-order valence-electron chi connectivity index (χ1n) is 6.69. The molecule has 2 rings (SSSR count). The number of rotatable bonds is 6. The molecule has 1 aliphatic carbocycles. The topological polar surface area (TPSA) is 39.1 Å². The van der Waals surface area contributed by atoms with Gasteiger partial charge in [-0.15, -0.1) is 0 Å². The van der Waals surface area contributed by atoms with E-state index in [9.17, 15) is 0 Å². The van der Waals surface area contributed by atoms with Gasteiger partial charge in [0, 0.05) is 26.2 Å². The van der Waals surface area contributed by atoms with Crippen LogP contribution in [0.5, 0.6) is 0 Å². The zero-order chi connectivity index (χ0) is 13.1. The molecule has 1 fully saturated rings. The van der Waals surface area contributed by atoms with Gasteiger partial charge in [0.2, 0.25) is 0 Å². The van der Waals surface area contributed by atoms with Gasteiger partial charge in [0.05, 0.1) is 22.5 Å². The summed E-state index contributed by atoms with van der Waals surface area (Å²) in [5.74, 6) is 0. The Labute approximate surface area is 114 Å². The number of nitrogens with zero attached hydrogens (tertiary/aromatic N) is 2. The summed E-state index contributed by atoms with van der Waals surface area (Å²) in [7, 11) is 1.78. The van der Waals surface area contributed by atoms with E-state index in [0.29, 0.717) is 12.1 Å². The molecule has 0 radical (unpaired) electrons. The van der Waals surface area contributed by atoms with Crippen LogP contribution in [0.1, 0.15) is 38.1 Å². The second-order valence-corrected chi connectivity index (χ2v) is 5.16. The predicted octanol–water partition coefficient (Wildman–Crippen LogP) is 2.39. The fourth-order valence-corrected chi connectivity index (χ4v) is 2.69. The largest absolute Gasteiger partial charge is 0.381 e. The van der Waals surface area contributed by atoms with E-state index in [-0.39, 0.29) is 0 Å². The van der Waals surface area contributed by atoms with Crippen molar-refractivity contribution in [3.8, 4) is 0 Å². The smallest absolute Gasteiger partial charge is 0.0863 e. The second kappa shape index (κ2) is 6.04. The quantitative estimate of drug-likeness (QED) is 0.864. The molecule has 1 N–H and O–H groups in total. The van der Waals surface area contributed by atoms with Gasteiger partial charge in [-0.05, 0) is 26.2 Å². The molecule has 0 amide bonds. The van der Waals surface area contributed by atoms with Gasteiger partial charge in [-0.1, -0.05) is 18.5 Å². The fourth-order valence-electron chi connectivity index (χ4n) is 2.35. The molecule has 0 unspecified atom stereocenters. The molecule has 5 heteroatoms. The number of hydrogen-bond donors (Lipinski definition) is 1. The number of ether oxygens (including phenoxy) is 1. The van der Waals surface area contributed by atoms with Gasteiger partial charge in [-0.2, -0.15) is 5.10 Å². The summed E-state index contributed by atoms with van der Waals surface area (Å²) in [4.78, 5) is 0. The maximum atomic E-state index is 6.36. The van der Waals surface area contributed by atoms with E-state index in [4.69, 9.17) is 16.3 Å². The van der Waals surface area contributed by atoms with Crippen LogP contribution in [-0.2, 0) is 24.2 Å². The van der Waals surface area contributed by atoms with E-state index in [1.807, 2.05) is 4.68 Å². The summed E-state index contributed by atoms with van der Waals surface area (Å²) in [6.07, 6.45) is 3.50. The summed E-state index contributed by atoms with van der Waals surface area (Å²) in [6, 6.07) is 0.552. The summed E-state index contributed by atoms with van der Waals surface area (Å²) in [6.45, 7) is 5.83. The number of halogens is 1. The molecule has 0 atom stereocenters. The van der Waals surface area contributed by atoms with Gasteiger partial charge >= 0.3 is 0 Å². The maximum absolute atomic E-state index is 6.36. The van der Waals surface area contributed by atoms with Gasteiger partial charge in [-0.3, -0.25) is 4.68 Å². The third kappa shape index (κ3) is 2.71. The highest BCUT2D eigenvalue weighted by molar-refractivity contribution is 6.31. The lowest BCUT2D eigenvalue weighted by Gasteiger charge is -2.34. The van der Waals surface area contributed by atoms with E-state index in [1.54, 1.807) is 7.11 Å². The molecular weight excluding hydrogens is 250 g/mol. The number of aromatic nitrogens is 2. The van der Waals surface area contributed by atoms with Crippen LogP contribution in [0, 0.1) is 0 Å². The summed E-state index contributed by atoms with van der Waals surface area (Å²) >= 11 is 6.36. The molecule has 102 valence electrons. The molecule has 1 aliphatic rings. The van der Waals surface area contributed by atoms with E-state index in [1.165, 1.54) is 0 Å². The molecule has 0 bridgehead atoms. The highest BCUT2D eigenvalue weighted by Crippen LogP contribution is 2.25. The van der Waals surface area contributed by atoms with Crippen molar-refractivity contribution in [1.82, 2.24) is 15.1 Å². The summed E-state index contributed by atoms with van der Waals surface area (Å²) < 4.78 is 7.28. The lowest BCUT2D eigenvalue weighted by atomic mass is 9.89. The van der Waals surface area contributed by atoms with Crippen molar-refractivity contribution in [2.45, 2.75) is 58.3 Å². The summed E-state index contributed by atoms with van der Waals surface area (Å²) in [5, 5.41) is 8.88. The Hall–Kier alpha value is -0.580. The molecule has 1 aromatic heterocycles. The molecule has 0 aliphatic heterocycles. The highest BCUT2D eigenvalue weighted by Gasteiger charge is 2.28. The van der Waals surface area contributed by atoms with Crippen molar-refractivity contribution in [2.75, 3.05) is 7.11 Å². The minimum Gasteiger partial charge on any atom is -0.381 e. The number of methoxy groups -OCH3 is 1. The van der Waals surface area contributed by atoms with Gasteiger partial charge in [0.25, 0.3) is 0 Å². The van der Waals surface area contributed by atoms with Gasteiger partial charge in [-0.25, -0.2) is 0 Å².